The van der Waals surface area contributed by atoms with E-state index in [1.54, 1.807) is 0 Å². The molecule has 0 fully saturated rings. The van der Waals surface area contributed by atoms with Crippen LogP contribution in [0.5, 0.6) is 5.88 Å². The molecule has 1 aromatic heterocycles. The first-order valence-electron chi connectivity index (χ1n) is 3.79. The van der Waals surface area contributed by atoms with E-state index in [1.165, 1.54) is 0 Å². The summed E-state index contributed by atoms with van der Waals surface area (Å²) in [5, 5.41) is 0. The second kappa shape index (κ2) is 4.16. The van der Waals surface area contributed by atoms with Crippen LogP contribution in [0, 0.1) is 5.82 Å². The summed E-state index contributed by atoms with van der Waals surface area (Å²) in [6, 6.07) is 0. The smallest absolute Gasteiger partial charge is 0.267 e. The number of carbonyl (C=O) groups excluding carboxylic acids is 1. The van der Waals surface area contributed by atoms with E-state index in [0.717, 1.165) is 7.11 Å². The minimum atomic E-state index is -3.16. The molecule has 1 rings (SSSR count). The van der Waals surface area contributed by atoms with Gasteiger partial charge in [-0.05, 0) is 0 Å². The number of carbonyl (C=O) groups is 1. The van der Waals surface area contributed by atoms with Crippen LogP contribution < -0.4 is 10.5 Å². The highest BCUT2D eigenvalue weighted by Crippen LogP contribution is 2.29. The summed E-state index contributed by atoms with van der Waals surface area (Å²) < 4.78 is 42.4. The Kier molecular flexibility index (Phi) is 3.13. The van der Waals surface area contributed by atoms with Gasteiger partial charge in [0.1, 0.15) is 5.56 Å². The molecule has 2 N–H and O–H groups in total. The fourth-order valence-corrected chi connectivity index (χ4v) is 1.09. The van der Waals surface area contributed by atoms with Gasteiger partial charge in [0.05, 0.1) is 18.9 Å². The number of aromatic nitrogens is 1. The van der Waals surface area contributed by atoms with Crippen molar-refractivity contribution in [3.05, 3.63) is 23.1 Å². The van der Waals surface area contributed by atoms with Crippen LogP contribution in [0.2, 0.25) is 0 Å². The van der Waals surface area contributed by atoms with Gasteiger partial charge >= 0.3 is 0 Å². The maximum Gasteiger partial charge on any atom is 0.267 e. The molecule has 4 nitrogen and oxygen atoms in total. The van der Waals surface area contributed by atoms with Gasteiger partial charge in [-0.2, -0.15) is 0 Å². The molecule has 15 heavy (non-hydrogen) atoms. The molecule has 1 heterocycles. The van der Waals surface area contributed by atoms with Crippen molar-refractivity contribution in [2.24, 2.45) is 5.73 Å². The molecule has 1 amide bonds. The van der Waals surface area contributed by atoms with E-state index in [1.807, 2.05) is 0 Å². The van der Waals surface area contributed by atoms with Crippen LogP contribution in [-0.2, 0) is 0 Å². The molecule has 0 unspecified atom stereocenters. The van der Waals surface area contributed by atoms with Gasteiger partial charge in [-0.1, -0.05) is 0 Å². The van der Waals surface area contributed by atoms with Crippen LogP contribution in [0.15, 0.2) is 6.20 Å². The van der Waals surface area contributed by atoms with Crippen LogP contribution >= 0.6 is 0 Å². The number of pyridine rings is 1. The molecule has 0 saturated carbocycles. The number of amides is 1. The van der Waals surface area contributed by atoms with Gasteiger partial charge in [-0.25, -0.2) is 18.2 Å². The Bertz CT molecular complexity index is 396. The second-order valence-electron chi connectivity index (χ2n) is 2.57. The zero-order valence-electron chi connectivity index (χ0n) is 7.63. The fourth-order valence-electron chi connectivity index (χ4n) is 1.09. The van der Waals surface area contributed by atoms with E-state index >= 15 is 0 Å². The second-order valence-corrected chi connectivity index (χ2v) is 2.57. The highest BCUT2D eigenvalue weighted by atomic mass is 19.3. The average molecular weight is 220 g/mol. The number of ether oxygens (including phenoxy) is 1. The summed E-state index contributed by atoms with van der Waals surface area (Å²) in [4.78, 5) is 14.2. The number of methoxy groups -OCH3 is 1. The maximum absolute atomic E-state index is 13.0. The van der Waals surface area contributed by atoms with Gasteiger partial charge in [0.25, 0.3) is 12.3 Å². The van der Waals surface area contributed by atoms with Crippen molar-refractivity contribution < 1.29 is 22.7 Å². The third-order valence-corrected chi connectivity index (χ3v) is 1.69. The zero-order chi connectivity index (χ0) is 11.6. The van der Waals surface area contributed by atoms with Crippen LogP contribution in [0.4, 0.5) is 13.2 Å². The van der Waals surface area contributed by atoms with Gasteiger partial charge in [0.2, 0.25) is 5.88 Å². The third-order valence-electron chi connectivity index (χ3n) is 1.69. The summed E-state index contributed by atoms with van der Waals surface area (Å²) in [7, 11) is 1.11. The van der Waals surface area contributed by atoms with Crippen molar-refractivity contribution >= 4 is 5.91 Å². The summed E-state index contributed by atoms with van der Waals surface area (Å²) in [6.07, 6.45) is -2.61. The molecule has 0 aromatic carbocycles. The molecule has 0 saturated heterocycles. The maximum atomic E-state index is 13.0. The standard InChI is InChI=1S/C8H7F3N2O2/c1-15-8-5(7(12)14)4(6(10)11)3(9)2-13-8/h2,6H,1H3,(H2,12,14). The zero-order valence-corrected chi connectivity index (χ0v) is 7.63. The van der Waals surface area contributed by atoms with E-state index in [0.29, 0.717) is 6.20 Å². The van der Waals surface area contributed by atoms with E-state index in [2.05, 4.69) is 9.72 Å². The van der Waals surface area contributed by atoms with Gasteiger partial charge in [0, 0.05) is 0 Å². The number of alkyl halides is 2. The Morgan fingerprint density at radius 2 is 2.20 bits per heavy atom. The van der Waals surface area contributed by atoms with E-state index in [4.69, 9.17) is 5.73 Å². The largest absolute Gasteiger partial charge is 0.480 e. The molecule has 0 spiro atoms. The van der Waals surface area contributed by atoms with Gasteiger partial charge in [-0.3, -0.25) is 4.79 Å². The monoisotopic (exact) mass is 220 g/mol. The minimum Gasteiger partial charge on any atom is -0.480 e. The molecular weight excluding hydrogens is 213 g/mol. The normalized spacial score (nSPS) is 10.5. The molecule has 0 aliphatic heterocycles. The quantitative estimate of drug-likeness (QED) is 0.834. The minimum absolute atomic E-state index is 0.417. The number of halogens is 3. The van der Waals surface area contributed by atoms with E-state index in [-0.39, 0.29) is 0 Å². The van der Waals surface area contributed by atoms with Crippen LogP contribution in [0.1, 0.15) is 22.3 Å². The van der Waals surface area contributed by atoms with Crippen LogP contribution in [-0.4, -0.2) is 18.0 Å². The molecule has 0 atom stereocenters. The fraction of sp³-hybridized carbons (Fsp3) is 0.250. The Hall–Kier alpha value is -1.79. The summed E-state index contributed by atoms with van der Waals surface area (Å²) in [5.41, 5.74) is 3.02. The number of primary amides is 1. The number of nitrogens with zero attached hydrogens (tertiary/aromatic N) is 1. The lowest BCUT2D eigenvalue weighted by Gasteiger charge is -2.10. The summed E-state index contributed by atoms with van der Waals surface area (Å²) >= 11 is 0. The summed E-state index contributed by atoms with van der Waals surface area (Å²) in [5.74, 6) is -2.92. The lowest BCUT2D eigenvalue weighted by atomic mass is 10.1. The topological polar surface area (TPSA) is 65.2 Å². The number of rotatable bonds is 3. The number of nitrogens with two attached hydrogens (primary N) is 1. The number of hydrogen-bond donors (Lipinski definition) is 1. The lowest BCUT2D eigenvalue weighted by molar-refractivity contribution is 0.0977. The highest BCUT2D eigenvalue weighted by molar-refractivity contribution is 5.96. The van der Waals surface area contributed by atoms with Crippen molar-refractivity contribution in [3.8, 4) is 5.88 Å². The molecule has 0 radical (unpaired) electrons. The van der Waals surface area contributed by atoms with E-state index in [9.17, 15) is 18.0 Å². The van der Waals surface area contributed by atoms with Crippen molar-refractivity contribution in [1.82, 2.24) is 4.98 Å². The Balaban J connectivity index is 3.51. The van der Waals surface area contributed by atoms with Crippen molar-refractivity contribution in [2.75, 3.05) is 7.11 Å². The Morgan fingerprint density at radius 3 is 2.60 bits per heavy atom. The molecule has 7 heteroatoms. The van der Waals surface area contributed by atoms with Crippen LogP contribution in [0.3, 0.4) is 0 Å². The number of hydrogen-bond acceptors (Lipinski definition) is 3. The van der Waals surface area contributed by atoms with Gasteiger partial charge in [-0.15, -0.1) is 0 Å². The first-order chi connectivity index (χ1) is 6.99. The van der Waals surface area contributed by atoms with E-state index < -0.39 is 35.2 Å². The first kappa shape index (κ1) is 11.3. The van der Waals surface area contributed by atoms with Gasteiger partial charge < -0.3 is 10.5 Å². The van der Waals surface area contributed by atoms with Crippen molar-refractivity contribution in [2.45, 2.75) is 6.43 Å². The molecular formula is C8H7F3N2O2. The van der Waals surface area contributed by atoms with Crippen molar-refractivity contribution in [3.63, 3.8) is 0 Å². The Morgan fingerprint density at radius 1 is 1.60 bits per heavy atom. The highest BCUT2D eigenvalue weighted by Gasteiger charge is 2.26. The molecule has 1 aromatic rings. The predicted octanol–water partition coefficient (Wildman–Crippen LogP) is 1.27. The first-order valence-corrected chi connectivity index (χ1v) is 3.79. The molecule has 82 valence electrons. The summed E-state index contributed by atoms with van der Waals surface area (Å²) in [6.45, 7) is 0. The van der Waals surface area contributed by atoms with Crippen molar-refractivity contribution in [1.29, 1.82) is 0 Å². The average Bonchev–Trinajstić information content (AvgIpc) is 2.16. The molecule has 0 aliphatic rings. The predicted molar refractivity (Wildman–Crippen MR) is 44.2 cm³/mol. The molecule has 0 aliphatic carbocycles. The Labute approximate surface area is 82.9 Å². The van der Waals surface area contributed by atoms with Crippen LogP contribution in [0.25, 0.3) is 0 Å². The molecule has 0 bridgehead atoms. The SMILES string of the molecule is COc1ncc(F)c(C(F)F)c1C(N)=O. The van der Waals surface area contributed by atoms with Gasteiger partial charge in [0.15, 0.2) is 5.82 Å². The third kappa shape index (κ3) is 2.00. The lowest BCUT2D eigenvalue weighted by Crippen LogP contribution is -2.17.